The molecule has 0 radical (unpaired) electrons. The number of benzene rings is 1. The predicted octanol–water partition coefficient (Wildman–Crippen LogP) is 1.84. The van der Waals surface area contributed by atoms with E-state index >= 15 is 0 Å². The smallest absolute Gasteiger partial charge is 0.200 e. The van der Waals surface area contributed by atoms with Crippen LogP contribution in [0.25, 0.3) is 6.08 Å². The fourth-order valence-corrected chi connectivity index (χ4v) is 0.899. The Kier molecular flexibility index (Phi) is 2.24. The molecule has 0 unspecified atom stereocenters. The van der Waals surface area contributed by atoms with Crippen LogP contribution >= 0.6 is 0 Å². The second kappa shape index (κ2) is 3.17. The Bertz CT molecular complexity index is 316. The fourth-order valence-electron chi connectivity index (χ4n) is 0.899. The zero-order valence-electron chi connectivity index (χ0n) is 6.65. The van der Waals surface area contributed by atoms with E-state index in [0.29, 0.717) is 5.56 Å². The average molecular weight is 166 g/mol. The van der Waals surface area contributed by atoms with Gasteiger partial charge in [-0.2, -0.15) is 0 Å². The molecule has 64 valence electrons. The SMILES string of the molecule is CC=Cc1ccc(O)c(O)c1O. The molecule has 0 fully saturated rings. The second-order valence-electron chi connectivity index (χ2n) is 2.37. The van der Waals surface area contributed by atoms with Crippen molar-refractivity contribution in [2.75, 3.05) is 0 Å². The van der Waals surface area contributed by atoms with Gasteiger partial charge in [0, 0.05) is 5.56 Å². The van der Waals surface area contributed by atoms with Gasteiger partial charge in [0.2, 0.25) is 5.75 Å². The van der Waals surface area contributed by atoms with E-state index in [1.807, 2.05) is 0 Å². The summed E-state index contributed by atoms with van der Waals surface area (Å²) in [5, 5.41) is 27.3. The summed E-state index contributed by atoms with van der Waals surface area (Å²) in [6.45, 7) is 1.79. The van der Waals surface area contributed by atoms with E-state index in [0.717, 1.165) is 0 Å². The summed E-state index contributed by atoms with van der Waals surface area (Å²) in [4.78, 5) is 0. The van der Waals surface area contributed by atoms with Crippen LogP contribution in [0.1, 0.15) is 12.5 Å². The molecule has 0 heterocycles. The molecule has 3 N–H and O–H groups in total. The summed E-state index contributed by atoms with van der Waals surface area (Å²) in [5.41, 5.74) is 0.479. The van der Waals surface area contributed by atoms with E-state index in [4.69, 9.17) is 10.2 Å². The number of hydrogen-bond acceptors (Lipinski definition) is 3. The first-order valence-electron chi connectivity index (χ1n) is 3.53. The minimum atomic E-state index is -0.481. The number of phenols is 3. The molecule has 0 spiro atoms. The van der Waals surface area contributed by atoms with E-state index in [9.17, 15) is 5.11 Å². The highest BCUT2D eigenvalue weighted by Gasteiger charge is 2.07. The van der Waals surface area contributed by atoms with E-state index in [-0.39, 0.29) is 11.5 Å². The van der Waals surface area contributed by atoms with Gasteiger partial charge in [-0.15, -0.1) is 0 Å². The number of allylic oxidation sites excluding steroid dienone is 1. The van der Waals surface area contributed by atoms with Crippen LogP contribution in [0.5, 0.6) is 17.2 Å². The van der Waals surface area contributed by atoms with Gasteiger partial charge < -0.3 is 15.3 Å². The van der Waals surface area contributed by atoms with Crippen molar-refractivity contribution < 1.29 is 15.3 Å². The molecule has 0 aromatic heterocycles. The van der Waals surface area contributed by atoms with Crippen LogP contribution in [0.4, 0.5) is 0 Å². The molecule has 0 saturated heterocycles. The molecular formula is C9H10O3. The van der Waals surface area contributed by atoms with Gasteiger partial charge in [-0.3, -0.25) is 0 Å². The van der Waals surface area contributed by atoms with Gasteiger partial charge in [0.25, 0.3) is 0 Å². The van der Waals surface area contributed by atoms with Crippen molar-refractivity contribution >= 4 is 6.08 Å². The van der Waals surface area contributed by atoms with Gasteiger partial charge in [0.15, 0.2) is 11.5 Å². The quantitative estimate of drug-likeness (QED) is 0.558. The largest absolute Gasteiger partial charge is 0.504 e. The highest BCUT2D eigenvalue weighted by Crippen LogP contribution is 2.37. The predicted molar refractivity (Wildman–Crippen MR) is 46.1 cm³/mol. The van der Waals surface area contributed by atoms with Crippen LogP contribution in [-0.4, -0.2) is 15.3 Å². The lowest BCUT2D eigenvalue weighted by atomic mass is 10.1. The van der Waals surface area contributed by atoms with Crippen molar-refractivity contribution in [3.8, 4) is 17.2 Å². The second-order valence-corrected chi connectivity index (χ2v) is 2.37. The normalized spacial score (nSPS) is 10.8. The minimum Gasteiger partial charge on any atom is -0.504 e. The molecule has 3 nitrogen and oxygen atoms in total. The van der Waals surface area contributed by atoms with Crippen LogP contribution in [-0.2, 0) is 0 Å². The Morgan fingerprint density at radius 3 is 2.33 bits per heavy atom. The first kappa shape index (κ1) is 8.46. The van der Waals surface area contributed by atoms with Gasteiger partial charge in [0.05, 0.1) is 0 Å². The van der Waals surface area contributed by atoms with Crippen LogP contribution < -0.4 is 0 Å². The highest BCUT2D eigenvalue weighted by molar-refractivity contribution is 5.64. The van der Waals surface area contributed by atoms with Crippen molar-refractivity contribution in [1.29, 1.82) is 0 Å². The molecule has 12 heavy (non-hydrogen) atoms. The molecule has 1 aromatic carbocycles. The van der Waals surface area contributed by atoms with Crippen LogP contribution in [0, 0.1) is 0 Å². The summed E-state index contributed by atoms with van der Waals surface area (Å²) in [6, 6.07) is 2.84. The topological polar surface area (TPSA) is 60.7 Å². The van der Waals surface area contributed by atoms with Gasteiger partial charge in [0.1, 0.15) is 0 Å². The Hall–Kier alpha value is -1.64. The van der Waals surface area contributed by atoms with Gasteiger partial charge in [-0.1, -0.05) is 12.2 Å². The number of rotatable bonds is 1. The minimum absolute atomic E-state index is 0.298. The van der Waals surface area contributed by atoms with E-state index in [2.05, 4.69) is 0 Å². The molecule has 0 bridgehead atoms. The summed E-state index contributed by atoms with van der Waals surface area (Å²) in [6.07, 6.45) is 3.36. The molecule has 0 aliphatic heterocycles. The van der Waals surface area contributed by atoms with E-state index < -0.39 is 5.75 Å². The monoisotopic (exact) mass is 166 g/mol. The molecule has 0 aliphatic rings. The van der Waals surface area contributed by atoms with Crippen molar-refractivity contribution in [2.45, 2.75) is 6.92 Å². The number of phenolic OH excluding ortho intramolecular Hbond substituents is 3. The summed E-state index contributed by atoms with van der Waals surface area (Å²) in [7, 11) is 0. The molecule has 3 heteroatoms. The summed E-state index contributed by atoms with van der Waals surface area (Å²) < 4.78 is 0. The van der Waals surface area contributed by atoms with Crippen molar-refractivity contribution in [3.63, 3.8) is 0 Å². The summed E-state index contributed by atoms with van der Waals surface area (Å²) >= 11 is 0. The Balaban J connectivity index is 3.26. The first-order chi connectivity index (χ1) is 5.66. The van der Waals surface area contributed by atoms with E-state index in [1.165, 1.54) is 12.1 Å². The lowest BCUT2D eigenvalue weighted by molar-refractivity contribution is 0.367. The van der Waals surface area contributed by atoms with Crippen LogP contribution in [0.2, 0.25) is 0 Å². The first-order valence-corrected chi connectivity index (χ1v) is 3.53. The summed E-state index contributed by atoms with van der Waals surface area (Å²) in [5.74, 6) is -1.10. The van der Waals surface area contributed by atoms with E-state index in [1.54, 1.807) is 19.1 Å². The number of aromatic hydroxyl groups is 3. The Labute approximate surface area is 70.2 Å². The van der Waals surface area contributed by atoms with Crippen LogP contribution in [0.15, 0.2) is 18.2 Å². The zero-order valence-corrected chi connectivity index (χ0v) is 6.65. The molecule has 1 aromatic rings. The third-order valence-electron chi connectivity index (χ3n) is 1.51. The lowest BCUT2D eigenvalue weighted by Gasteiger charge is -2.02. The zero-order chi connectivity index (χ0) is 9.14. The molecule has 0 aliphatic carbocycles. The standard InChI is InChI=1S/C9H10O3/c1-2-3-6-4-5-7(10)9(12)8(6)11/h2-5,10-12H,1H3. The Morgan fingerprint density at radius 2 is 1.75 bits per heavy atom. The maximum Gasteiger partial charge on any atom is 0.200 e. The molecule has 0 atom stereocenters. The van der Waals surface area contributed by atoms with Gasteiger partial charge >= 0.3 is 0 Å². The average Bonchev–Trinajstić information content (AvgIpc) is 2.07. The molecule has 1 rings (SSSR count). The Morgan fingerprint density at radius 1 is 1.08 bits per heavy atom. The molecule has 0 amide bonds. The molecular weight excluding hydrogens is 156 g/mol. The third kappa shape index (κ3) is 1.34. The van der Waals surface area contributed by atoms with Crippen LogP contribution in [0.3, 0.4) is 0 Å². The fraction of sp³-hybridized carbons (Fsp3) is 0.111. The third-order valence-corrected chi connectivity index (χ3v) is 1.51. The van der Waals surface area contributed by atoms with Crippen molar-refractivity contribution in [1.82, 2.24) is 0 Å². The van der Waals surface area contributed by atoms with Gasteiger partial charge in [-0.25, -0.2) is 0 Å². The molecule has 0 saturated carbocycles. The maximum absolute atomic E-state index is 9.25. The van der Waals surface area contributed by atoms with Crippen molar-refractivity contribution in [3.05, 3.63) is 23.8 Å². The lowest BCUT2D eigenvalue weighted by Crippen LogP contribution is -1.76. The highest BCUT2D eigenvalue weighted by atomic mass is 16.3. The van der Waals surface area contributed by atoms with Crippen molar-refractivity contribution in [2.24, 2.45) is 0 Å². The maximum atomic E-state index is 9.25. The number of hydrogen-bond donors (Lipinski definition) is 3. The van der Waals surface area contributed by atoms with Gasteiger partial charge in [-0.05, 0) is 19.1 Å².